The number of hydrogen-bond donors (Lipinski definition) is 2. The molecule has 1 atom stereocenters. The van der Waals surface area contributed by atoms with Gasteiger partial charge >= 0.3 is 0 Å². The van der Waals surface area contributed by atoms with E-state index in [4.69, 9.17) is 23.2 Å². The maximum absolute atomic E-state index is 12.3. The highest BCUT2D eigenvalue weighted by atomic mass is 35.5. The van der Waals surface area contributed by atoms with Crippen molar-refractivity contribution in [3.8, 4) is 0 Å². The minimum Gasteiger partial charge on any atom is -0.383 e. The summed E-state index contributed by atoms with van der Waals surface area (Å²) in [7, 11) is 0. The number of ketones is 1. The van der Waals surface area contributed by atoms with Gasteiger partial charge in [-0.2, -0.15) is 0 Å². The monoisotopic (exact) mass is 322 g/mol. The standard InChI is InChI=1S/C15H12Cl2N2O2/c16-10-3-4-11(17)14-13(10)15(21,8-19-14)6-12(20)9-2-1-5-18-7-9/h1-5,7,19,21H,6,8H2. The van der Waals surface area contributed by atoms with Crippen LogP contribution >= 0.6 is 23.2 Å². The first-order valence-corrected chi connectivity index (χ1v) is 7.15. The summed E-state index contributed by atoms with van der Waals surface area (Å²) >= 11 is 12.3. The third-order valence-corrected chi connectivity index (χ3v) is 4.19. The lowest BCUT2D eigenvalue weighted by molar-refractivity contribution is 0.0438. The average molecular weight is 323 g/mol. The van der Waals surface area contributed by atoms with Crippen LogP contribution in [0, 0.1) is 0 Å². The molecular weight excluding hydrogens is 311 g/mol. The van der Waals surface area contributed by atoms with Gasteiger partial charge in [0.25, 0.3) is 0 Å². The highest BCUT2D eigenvalue weighted by Crippen LogP contribution is 2.45. The molecule has 2 aromatic rings. The number of anilines is 1. The largest absolute Gasteiger partial charge is 0.383 e. The van der Waals surface area contributed by atoms with Crippen molar-refractivity contribution in [3.63, 3.8) is 0 Å². The summed E-state index contributed by atoms with van der Waals surface area (Å²) in [5, 5.41) is 14.7. The van der Waals surface area contributed by atoms with Gasteiger partial charge in [0.05, 0.1) is 10.7 Å². The van der Waals surface area contributed by atoms with Crippen molar-refractivity contribution in [1.82, 2.24) is 4.98 Å². The third-order valence-electron chi connectivity index (χ3n) is 3.56. The average Bonchev–Trinajstić information content (AvgIpc) is 2.83. The molecule has 1 aromatic carbocycles. The lowest BCUT2D eigenvalue weighted by atomic mass is 9.89. The first kappa shape index (κ1) is 14.3. The SMILES string of the molecule is O=C(CC1(O)CNc2c(Cl)ccc(Cl)c21)c1cccnc1. The molecular formula is C15H12Cl2N2O2. The molecule has 1 aliphatic heterocycles. The molecule has 1 unspecified atom stereocenters. The number of pyridine rings is 1. The van der Waals surface area contributed by atoms with Gasteiger partial charge in [-0.05, 0) is 24.3 Å². The minimum atomic E-state index is -1.37. The van der Waals surface area contributed by atoms with Gasteiger partial charge in [0.15, 0.2) is 5.78 Å². The second-order valence-corrected chi connectivity index (χ2v) is 5.82. The number of halogens is 2. The number of rotatable bonds is 3. The van der Waals surface area contributed by atoms with E-state index in [1.54, 1.807) is 30.5 Å². The number of hydrogen-bond acceptors (Lipinski definition) is 4. The van der Waals surface area contributed by atoms with Crippen LogP contribution in [0.3, 0.4) is 0 Å². The molecule has 0 amide bonds. The van der Waals surface area contributed by atoms with Crippen LogP contribution in [0.5, 0.6) is 0 Å². The quantitative estimate of drug-likeness (QED) is 0.851. The van der Waals surface area contributed by atoms with E-state index in [1.807, 2.05) is 0 Å². The topological polar surface area (TPSA) is 62.2 Å². The Morgan fingerprint density at radius 2 is 2.10 bits per heavy atom. The van der Waals surface area contributed by atoms with Crippen LogP contribution in [0.25, 0.3) is 0 Å². The Labute approximate surface area is 131 Å². The van der Waals surface area contributed by atoms with Crippen molar-refractivity contribution in [3.05, 3.63) is 57.8 Å². The number of benzene rings is 1. The lowest BCUT2D eigenvalue weighted by Gasteiger charge is -2.22. The number of nitrogens with one attached hydrogen (secondary N) is 1. The second kappa shape index (κ2) is 5.30. The molecule has 0 bridgehead atoms. The first-order chi connectivity index (χ1) is 10.0. The number of fused-ring (bicyclic) bond motifs is 1. The molecule has 2 heterocycles. The van der Waals surface area contributed by atoms with E-state index in [-0.39, 0.29) is 18.7 Å². The fourth-order valence-corrected chi connectivity index (χ4v) is 3.11. The molecule has 1 aromatic heterocycles. The molecule has 21 heavy (non-hydrogen) atoms. The maximum atomic E-state index is 12.3. The summed E-state index contributed by atoms with van der Waals surface area (Å²) in [6.45, 7) is 0.192. The third kappa shape index (κ3) is 2.50. The molecule has 0 fully saturated rings. The zero-order chi connectivity index (χ0) is 15.0. The van der Waals surface area contributed by atoms with Crippen LogP contribution < -0.4 is 5.32 Å². The van der Waals surface area contributed by atoms with E-state index in [9.17, 15) is 9.90 Å². The van der Waals surface area contributed by atoms with Gasteiger partial charge in [-0.25, -0.2) is 0 Å². The molecule has 6 heteroatoms. The number of aromatic nitrogens is 1. The zero-order valence-electron chi connectivity index (χ0n) is 10.9. The highest BCUT2D eigenvalue weighted by Gasteiger charge is 2.41. The Balaban J connectivity index is 1.95. The predicted molar refractivity (Wildman–Crippen MR) is 82.0 cm³/mol. The van der Waals surface area contributed by atoms with Gasteiger partial charge in [-0.1, -0.05) is 23.2 Å². The van der Waals surface area contributed by atoms with Gasteiger partial charge in [-0.3, -0.25) is 9.78 Å². The number of carbonyl (C=O) groups excluding carboxylic acids is 1. The van der Waals surface area contributed by atoms with Crippen molar-refractivity contribution >= 4 is 34.7 Å². The van der Waals surface area contributed by atoms with Crippen molar-refractivity contribution in [2.75, 3.05) is 11.9 Å². The Bertz CT molecular complexity index is 706. The normalized spacial score (nSPS) is 20.0. The Kier molecular flexibility index (Phi) is 3.61. The molecule has 0 aliphatic carbocycles. The zero-order valence-corrected chi connectivity index (χ0v) is 12.4. The molecule has 0 saturated carbocycles. The Hall–Kier alpha value is -1.62. The molecule has 1 aliphatic rings. The van der Waals surface area contributed by atoms with E-state index in [0.717, 1.165) is 0 Å². The number of aliphatic hydroxyl groups is 1. The number of β-amino-alcohol motifs (C(OH)–C–C–N with tert-alkyl or cyclic N) is 1. The summed E-state index contributed by atoms with van der Waals surface area (Å²) < 4.78 is 0. The van der Waals surface area contributed by atoms with Crippen molar-refractivity contribution in [1.29, 1.82) is 0 Å². The van der Waals surface area contributed by atoms with E-state index < -0.39 is 5.60 Å². The molecule has 0 spiro atoms. The Morgan fingerprint density at radius 3 is 2.81 bits per heavy atom. The summed E-state index contributed by atoms with van der Waals surface area (Å²) in [5.74, 6) is -0.198. The number of carbonyl (C=O) groups is 1. The fraction of sp³-hybridized carbons (Fsp3) is 0.200. The molecule has 108 valence electrons. The van der Waals surface area contributed by atoms with Crippen LogP contribution in [0.1, 0.15) is 22.3 Å². The molecule has 4 nitrogen and oxygen atoms in total. The van der Waals surface area contributed by atoms with Crippen LogP contribution in [0.4, 0.5) is 5.69 Å². The van der Waals surface area contributed by atoms with Gasteiger partial charge in [0, 0.05) is 41.5 Å². The first-order valence-electron chi connectivity index (χ1n) is 6.39. The van der Waals surface area contributed by atoms with E-state index in [0.29, 0.717) is 26.9 Å². The minimum absolute atomic E-state index is 0.0846. The van der Waals surface area contributed by atoms with Gasteiger partial charge in [0.2, 0.25) is 0 Å². The lowest BCUT2D eigenvalue weighted by Crippen LogP contribution is -2.31. The van der Waals surface area contributed by atoms with Crippen LogP contribution in [0.2, 0.25) is 10.0 Å². The van der Waals surface area contributed by atoms with Crippen molar-refractivity contribution < 1.29 is 9.90 Å². The van der Waals surface area contributed by atoms with E-state index in [1.165, 1.54) is 6.20 Å². The van der Waals surface area contributed by atoms with Crippen LogP contribution in [-0.2, 0) is 5.60 Å². The summed E-state index contributed by atoms with van der Waals surface area (Å²) in [5.41, 5.74) is 0.154. The van der Waals surface area contributed by atoms with Gasteiger partial charge < -0.3 is 10.4 Å². The molecule has 3 rings (SSSR count). The maximum Gasteiger partial charge on any atom is 0.167 e. The van der Waals surface area contributed by atoms with Crippen LogP contribution in [0.15, 0.2) is 36.7 Å². The Morgan fingerprint density at radius 1 is 1.33 bits per heavy atom. The summed E-state index contributed by atoms with van der Waals surface area (Å²) in [6.07, 6.45) is 2.99. The number of Topliss-reactive ketones (excluding diaryl/α,β-unsaturated/α-hetero) is 1. The molecule has 2 N–H and O–H groups in total. The van der Waals surface area contributed by atoms with E-state index >= 15 is 0 Å². The summed E-state index contributed by atoms with van der Waals surface area (Å²) in [6, 6.07) is 6.63. The van der Waals surface area contributed by atoms with Gasteiger partial charge in [0.1, 0.15) is 5.60 Å². The molecule has 0 saturated heterocycles. The summed E-state index contributed by atoms with van der Waals surface area (Å²) in [4.78, 5) is 16.2. The van der Waals surface area contributed by atoms with Crippen molar-refractivity contribution in [2.45, 2.75) is 12.0 Å². The van der Waals surface area contributed by atoms with Crippen LogP contribution in [-0.4, -0.2) is 22.4 Å². The van der Waals surface area contributed by atoms with Crippen molar-refractivity contribution in [2.24, 2.45) is 0 Å². The predicted octanol–water partition coefficient (Wildman–Crippen LogP) is 3.27. The molecule has 0 radical (unpaired) electrons. The van der Waals surface area contributed by atoms with Gasteiger partial charge in [-0.15, -0.1) is 0 Å². The van der Waals surface area contributed by atoms with E-state index in [2.05, 4.69) is 10.3 Å². The fourth-order valence-electron chi connectivity index (χ4n) is 2.55. The number of nitrogens with zero attached hydrogens (tertiary/aromatic N) is 1. The second-order valence-electron chi connectivity index (χ2n) is 5.01. The smallest absolute Gasteiger partial charge is 0.167 e. The highest BCUT2D eigenvalue weighted by molar-refractivity contribution is 6.36.